The number of phenols is 1. The van der Waals surface area contributed by atoms with Crippen LogP contribution in [0.3, 0.4) is 0 Å². The van der Waals surface area contributed by atoms with E-state index in [1.165, 1.54) is 12.1 Å². The van der Waals surface area contributed by atoms with E-state index < -0.39 is 16.7 Å². The average Bonchev–Trinajstić information content (AvgIpc) is 2.24. The second-order valence-electron chi connectivity index (χ2n) is 3.80. The van der Waals surface area contributed by atoms with Crippen molar-refractivity contribution < 1.29 is 14.1 Å². The Balaban J connectivity index is 2.82. The molecular formula is C11H13Cl2NO3S. The lowest BCUT2D eigenvalue weighted by atomic mass is 10.2. The number of phenolic OH excluding ortho intramolecular Hbond substituents is 1. The fourth-order valence-electron chi connectivity index (χ4n) is 1.23. The van der Waals surface area contributed by atoms with Crippen molar-refractivity contribution >= 4 is 39.9 Å². The lowest BCUT2D eigenvalue weighted by molar-refractivity contribution is 0.0951. The Hall–Kier alpha value is -0.780. The summed E-state index contributed by atoms with van der Waals surface area (Å²) in [4.78, 5) is 11.8. The molecule has 1 rings (SSSR count). The summed E-state index contributed by atoms with van der Waals surface area (Å²) in [5.74, 6) is -0.804. The maximum atomic E-state index is 11.8. The molecule has 0 aliphatic rings. The molecule has 0 spiro atoms. The Morgan fingerprint density at radius 3 is 2.61 bits per heavy atom. The summed E-state index contributed by atoms with van der Waals surface area (Å²) in [6, 6.07) is 2.61. The third kappa shape index (κ3) is 3.86. The molecule has 2 N–H and O–H groups in total. The standard InChI is InChI=1S/C11H13Cl2NO3S/c1-6(18(2)17)5-14-11(16)10-8(13)3-7(12)4-9(10)15/h3-4,6,15H,5H2,1-2H3,(H,14,16)/t6-,18+/m1/s1. The number of hydrogen-bond donors (Lipinski definition) is 2. The molecule has 0 fully saturated rings. The van der Waals surface area contributed by atoms with Crippen LogP contribution < -0.4 is 5.32 Å². The number of carbonyl (C=O) groups is 1. The Bertz CT molecular complexity index is 470. The van der Waals surface area contributed by atoms with Crippen molar-refractivity contribution in [2.75, 3.05) is 12.8 Å². The monoisotopic (exact) mass is 309 g/mol. The van der Waals surface area contributed by atoms with Crippen molar-refractivity contribution in [3.8, 4) is 5.75 Å². The summed E-state index contributed by atoms with van der Waals surface area (Å²) in [6.45, 7) is 1.99. The van der Waals surface area contributed by atoms with E-state index in [-0.39, 0.29) is 33.2 Å². The zero-order chi connectivity index (χ0) is 13.9. The van der Waals surface area contributed by atoms with E-state index in [2.05, 4.69) is 5.32 Å². The molecule has 0 heterocycles. The number of rotatable bonds is 4. The SMILES string of the molecule is C[C@H](CNC(=O)c1c(O)cc(Cl)cc1Cl)[S@](C)=O. The fourth-order valence-corrected chi connectivity index (χ4v) is 2.11. The van der Waals surface area contributed by atoms with Gasteiger partial charge in [-0.3, -0.25) is 9.00 Å². The summed E-state index contributed by atoms with van der Waals surface area (Å²) in [6.07, 6.45) is 1.56. The number of hydrogen-bond acceptors (Lipinski definition) is 3. The minimum absolute atomic E-state index is 0.0323. The number of carbonyl (C=O) groups excluding carboxylic acids is 1. The highest BCUT2D eigenvalue weighted by Crippen LogP contribution is 2.29. The highest BCUT2D eigenvalue weighted by Gasteiger charge is 2.17. The summed E-state index contributed by atoms with van der Waals surface area (Å²) in [7, 11) is -1.03. The van der Waals surface area contributed by atoms with Crippen LogP contribution in [0.2, 0.25) is 10.0 Å². The summed E-state index contributed by atoms with van der Waals surface area (Å²) < 4.78 is 11.1. The normalized spacial score (nSPS) is 14.0. The summed E-state index contributed by atoms with van der Waals surface area (Å²) in [5, 5.41) is 12.3. The first-order valence-electron chi connectivity index (χ1n) is 5.11. The lowest BCUT2D eigenvalue weighted by Crippen LogP contribution is -2.32. The molecule has 1 aromatic rings. The Labute approximate surface area is 118 Å². The number of aromatic hydroxyl groups is 1. The van der Waals surface area contributed by atoms with E-state index in [9.17, 15) is 14.1 Å². The molecule has 0 saturated carbocycles. The zero-order valence-corrected chi connectivity index (χ0v) is 12.2. The third-order valence-corrected chi connectivity index (χ3v) is 4.19. The highest BCUT2D eigenvalue weighted by molar-refractivity contribution is 7.84. The predicted octanol–water partition coefficient (Wildman–Crippen LogP) is 2.20. The Morgan fingerprint density at radius 2 is 2.11 bits per heavy atom. The van der Waals surface area contributed by atoms with E-state index >= 15 is 0 Å². The molecule has 0 bridgehead atoms. The largest absolute Gasteiger partial charge is 0.507 e. The lowest BCUT2D eigenvalue weighted by Gasteiger charge is -2.12. The van der Waals surface area contributed by atoms with E-state index in [0.717, 1.165) is 0 Å². The van der Waals surface area contributed by atoms with Crippen molar-refractivity contribution in [1.29, 1.82) is 0 Å². The predicted molar refractivity (Wildman–Crippen MR) is 74.0 cm³/mol. The van der Waals surface area contributed by atoms with Gasteiger partial charge < -0.3 is 10.4 Å². The van der Waals surface area contributed by atoms with Crippen LogP contribution in [0.15, 0.2) is 12.1 Å². The van der Waals surface area contributed by atoms with Gasteiger partial charge in [0.15, 0.2) is 0 Å². The van der Waals surface area contributed by atoms with Gasteiger partial charge in [-0.05, 0) is 19.1 Å². The number of amides is 1. The molecule has 4 nitrogen and oxygen atoms in total. The third-order valence-electron chi connectivity index (χ3n) is 2.38. The Kier molecular flexibility index (Phi) is 5.44. The van der Waals surface area contributed by atoms with Crippen LogP contribution in [-0.2, 0) is 10.8 Å². The molecule has 0 aliphatic carbocycles. The first-order valence-corrected chi connectivity index (χ1v) is 7.49. The van der Waals surface area contributed by atoms with Gasteiger partial charge in [0.05, 0.1) is 10.6 Å². The van der Waals surface area contributed by atoms with Crippen LogP contribution in [0.4, 0.5) is 0 Å². The number of nitrogens with one attached hydrogen (secondary N) is 1. The van der Waals surface area contributed by atoms with Crippen LogP contribution in [0.5, 0.6) is 5.75 Å². The van der Waals surface area contributed by atoms with Gasteiger partial charge in [0.2, 0.25) is 0 Å². The van der Waals surface area contributed by atoms with Gasteiger partial charge in [0.25, 0.3) is 5.91 Å². The van der Waals surface area contributed by atoms with Crippen LogP contribution >= 0.6 is 23.2 Å². The van der Waals surface area contributed by atoms with E-state index in [4.69, 9.17) is 23.2 Å². The quantitative estimate of drug-likeness (QED) is 0.896. The van der Waals surface area contributed by atoms with Crippen molar-refractivity contribution in [2.45, 2.75) is 12.2 Å². The summed E-state index contributed by atoms with van der Waals surface area (Å²) in [5.41, 5.74) is -0.0323. The van der Waals surface area contributed by atoms with Gasteiger partial charge in [-0.15, -0.1) is 0 Å². The number of halogens is 2. The minimum atomic E-state index is -1.03. The minimum Gasteiger partial charge on any atom is -0.507 e. The molecule has 7 heteroatoms. The topological polar surface area (TPSA) is 66.4 Å². The van der Waals surface area contributed by atoms with Crippen molar-refractivity contribution in [2.24, 2.45) is 0 Å². The smallest absolute Gasteiger partial charge is 0.256 e. The molecule has 0 unspecified atom stereocenters. The van der Waals surface area contributed by atoms with Crippen LogP contribution in [0.25, 0.3) is 0 Å². The first-order chi connectivity index (χ1) is 8.32. The van der Waals surface area contributed by atoms with Crippen LogP contribution in [-0.4, -0.2) is 33.3 Å². The first kappa shape index (κ1) is 15.3. The van der Waals surface area contributed by atoms with Gasteiger partial charge in [-0.2, -0.15) is 0 Å². The molecule has 2 atom stereocenters. The maximum Gasteiger partial charge on any atom is 0.256 e. The maximum absolute atomic E-state index is 11.8. The van der Waals surface area contributed by atoms with Gasteiger partial charge in [-0.25, -0.2) is 0 Å². The summed E-state index contributed by atoms with van der Waals surface area (Å²) >= 11 is 11.5. The number of benzene rings is 1. The molecule has 0 radical (unpaired) electrons. The van der Waals surface area contributed by atoms with Crippen LogP contribution in [0.1, 0.15) is 17.3 Å². The highest BCUT2D eigenvalue weighted by atomic mass is 35.5. The molecule has 18 heavy (non-hydrogen) atoms. The zero-order valence-electron chi connectivity index (χ0n) is 9.87. The van der Waals surface area contributed by atoms with Gasteiger partial charge in [0.1, 0.15) is 5.75 Å². The van der Waals surface area contributed by atoms with Crippen molar-refractivity contribution in [1.82, 2.24) is 5.32 Å². The molecule has 1 amide bonds. The molecule has 1 aromatic carbocycles. The van der Waals surface area contributed by atoms with E-state index in [0.29, 0.717) is 0 Å². The molecule has 100 valence electrons. The molecule has 0 aliphatic heterocycles. The van der Waals surface area contributed by atoms with Crippen molar-refractivity contribution in [3.05, 3.63) is 27.7 Å². The van der Waals surface area contributed by atoms with Crippen molar-refractivity contribution in [3.63, 3.8) is 0 Å². The fraction of sp³-hybridized carbons (Fsp3) is 0.364. The van der Waals surface area contributed by atoms with Crippen LogP contribution in [0, 0.1) is 0 Å². The molecule has 0 saturated heterocycles. The molecule has 0 aromatic heterocycles. The van der Waals surface area contributed by atoms with Gasteiger partial charge in [-0.1, -0.05) is 23.2 Å². The molecular weight excluding hydrogens is 297 g/mol. The average molecular weight is 310 g/mol. The van der Waals surface area contributed by atoms with Gasteiger partial charge >= 0.3 is 0 Å². The second kappa shape index (κ2) is 6.41. The second-order valence-corrected chi connectivity index (χ2v) is 6.45. The van der Waals surface area contributed by atoms with E-state index in [1.54, 1.807) is 13.2 Å². The van der Waals surface area contributed by atoms with Gasteiger partial charge in [0, 0.05) is 33.9 Å². The Morgan fingerprint density at radius 1 is 1.50 bits per heavy atom. The van der Waals surface area contributed by atoms with E-state index in [1.807, 2.05) is 0 Å².